The fraction of sp³-hybridized carbons (Fsp3) is 0.700. The molecule has 0 spiro atoms. The number of aryl methyl sites for hydroxylation is 1. The van der Waals surface area contributed by atoms with E-state index in [0.29, 0.717) is 0 Å². The Hall–Kier alpha value is -0.830. The highest BCUT2D eigenvalue weighted by Gasteiger charge is 2.12. The summed E-state index contributed by atoms with van der Waals surface area (Å²) in [5, 5.41) is 9.35. The van der Waals surface area contributed by atoms with E-state index in [1.807, 2.05) is 26.2 Å². The third-order valence-electron chi connectivity index (χ3n) is 2.47. The van der Waals surface area contributed by atoms with Crippen molar-refractivity contribution in [3.05, 3.63) is 18.2 Å². The van der Waals surface area contributed by atoms with Crippen LogP contribution in [-0.2, 0) is 13.0 Å². The Kier molecular flexibility index (Phi) is 3.48. The Balaban J connectivity index is 2.62. The molecular formula is C10H18N2O. The Labute approximate surface area is 79.4 Å². The van der Waals surface area contributed by atoms with Gasteiger partial charge in [-0.3, -0.25) is 0 Å². The molecule has 13 heavy (non-hydrogen) atoms. The second-order valence-electron chi connectivity index (χ2n) is 3.55. The van der Waals surface area contributed by atoms with E-state index < -0.39 is 0 Å². The topological polar surface area (TPSA) is 38.0 Å². The molecule has 74 valence electrons. The monoisotopic (exact) mass is 182 g/mol. The molecule has 0 radical (unpaired) electrons. The minimum absolute atomic E-state index is 0.262. The van der Waals surface area contributed by atoms with Crippen molar-refractivity contribution in [2.24, 2.45) is 5.92 Å². The van der Waals surface area contributed by atoms with Gasteiger partial charge in [0.25, 0.3) is 0 Å². The molecule has 0 aliphatic rings. The van der Waals surface area contributed by atoms with Crippen LogP contribution in [0.5, 0.6) is 0 Å². The summed E-state index contributed by atoms with van der Waals surface area (Å²) in [6.07, 6.45) is 4.37. The highest BCUT2D eigenvalue weighted by atomic mass is 16.3. The number of hydrogen-bond donors (Lipinski definition) is 1. The first-order valence-electron chi connectivity index (χ1n) is 4.83. The second kappa shape index (κ2) is 4.42. The van der Waals surface area contributed by atoms with Gasteiger partial charge in [0, 0.05) is 25.4 Å². The highest BCUT2D eigenvalue weighted by molar-refractivity contribution is 4.93. The minimum atomic E-state index is -0.262. The molecule has 0 bridgehead atoms. The van der Waals surface area contributed by atoms with Crippen LogP contribution in [0.15, 0.2) is 12.4 Å². The summed E-state index contributed by atoms with van der Waals surface area (Å²) in [6.45, 7) is 6.91. The number of aliphatic hydroxyl groups is 1. The van der Waals surface area contributed by atoms with Gasteiger partial charge in [0.1, 0.15) is 5.82 Å². The number of nitrogens with zero attached hydrogens (tertiary/aromatic N) is 2. The number of imidazole rings is 1. The average molecular weight is 182 g/mol. The van der Waals surface area contributed by atoms with Gasteiger partial charge in [-0.2, -0.15) is 0 Å². The lowest BCUT2D eigenvalue weighted by molar-refractivity contribution is 0.133. The van der Waals surface area contributed by atoms with Crippen LogP contribution in [0.4, 0.5) is 0 Å². The van der Waals surface area contributed by atoms with Gasteiger partial charge in [-0.25, -0.2) is 4.98 Å². The highest BCUT2D eigenvalue weighted by Crippen LogP contribution is 2.10. The number of aromatic nitrogens is 2. The van der Waals surface area contributed by atoms with Crippen LogP contribution in [-0.4, -0.2) is 20.8 Å². The fourth-order valence-corrected chi connectivity index (χ4v) is 1.28. The molecule has 1 rings (SSSR count). The van der Waals surface area contributed by atoms with Crippen LogP contribution in [0.1, 0.15) is 26.6 Å². The van der Waals surface area contributed by atoms with Gasteiger partial charge in [0.2, 0.25) is 0 Å². The largest absolute Gasteiger partial charge is 0.393 e. The summed E-state index contributed by atoms with van der Waals surface area (Å²) in [5.41, 5.74) is 0. The summed E-state index contributed by atoms with van der Waals surface area (Å²) < 4.78 is 2.11. The van der Waals surface area contributed by atoms with Gasteiger partial charge in [0.15, 0.2) is 0 Å². The molecule has 0 saturated heterocycles. The van der Waals surface area contributed by atoms with Gasteiger partial charge < -0.3 is 9.67 Å². The second-order valence-corrected chi connectivity index (χ2v) is 3.55. The first kappa shape index (κ1) is 10.3. The van der Waals surface area contributed by atoms with E-state index in [0.717, 1.165) is 18.8 Å². The van der Waals surface area contributed by atoms with E-state index in [4.69, 9.17) is 0 Å². The van der Waals surface area contributed by atoms with Gasteiger partial charge in [0.05, 0.1) is 6.10 Å². The quantitative estimate of drug-likeness (QED) is 0.765. The molecule has 1 aromatic heterocycles. The molecule has 1 N–H and O–H groups in total. The van der Waals surface area contributed by atoms with Crippen molar-refractivity contribution >= 4 is 0 Å². The molecule has 0 aliphatic heterocycles. The van der Waals surface area contributed by atoms with Crippen molar-refractivity contribution in [3.63, 3.8) is 0 Å². The zero-order valence-electron chi connectivity index (χ0n) is 8.57. The van der Waals surface area contributed by atoms with Crippen molar-refractivity contribution in [1.82, 2.24) is 9.55 Å². The predicted molar refractivity (Wildman–Crippen MR) is 52.4 cm³/mol. The van der Waals surface area contributed by atoms with E-state index in [1.165, 1.54) is 0 Å². The summed E-state index contributed by atoms with van der Waals surface area (Å²) >= 11 is 0. The average Bonchev–Trinajstić information content (AvgIpc) is 2.51. The van der Waals surface area contributed by atoms with Crippen LogP contribution in [0.3, 0.4) is 0 Å². The summed E-state index contributed by atoms with van der Waals surface area (Å²) in [6, 6.07) is 0. The molecule has 2 unspecified atom stereocenters. The van der Waals surface area contributed by atoms with E-state index in [9.17, 15) is 5.11 Å². The van der Waals surface area contributed by atoms with Crippen molar-refractivity contribution < 1.29 is 5.11 Å². The van der Waals surface area contributed by atoms with Crippen LogP contribution in [0.25, 0.3) is 0 Å². The van der Waals surface area contributed by atoms with Gasteiger partial charge >= 0.3 is 0 Å². The summed E-state index contributed by atoms with van der Waals surface area (Å²) in [7, 11) is 0. The Bertz CT molecular complexity index is 255. The van der Waals surface area contributed by atoms with E-state index in [1.54, 1.807) is 0 Å². The summed E-state index contributed by atoms with van der Waals surface area (Å²) in [4.78, 5) is 4.26. The lowest BCUT2D eigenvalue weighted by atomic mass is 10.0. The molecular weight excluding hydrogens is 164 g/mol. The molecule has 3 nitrogen and oxygen atoms in total. The molecule has 0 aromatic carbocycles. The fourth-order valence-electron chi connectivity index (χ4n) is 1.28. The SMILES string of the molecule is CCn1ccnc1CC(C)C(C)O. The predicted octanol–water partition coefficient (Wildman–Crippen LogP) is 1.46. The molecule has 0 aliphatic carbocycles. The van der Waals surface area contributed by atoms with Crippen molar-refractivity contribution in [2.75, 3.05) is 0 Å². The first-order chi connectivity index (χ1) is 6.15. The van der Waals surface area contributed by atoms with E-state index in [-0.39, 0.29) is 12.0 Å². The Morgan fingerprint density at radius 1 is 1.54 bits per heavy atom. The van der Waals surface area contributed by atoms with Crippen LogP contribution >= 0.6 is 0 Å². The zero-order valence-corrected chi connectivity index (χ0v) is 8.57. The lowest BCUT2D eigenvalue weighted by Gasteiger charge is -2.14. The van der Waals surface area contributed by atoms with E-state index >= 15 is 0 Å². The standard InChI is InChI=1S/C10H18N2O/c1-4-12-6-5-11-10(12)7-8(2)9(3)13/h5-6,8-9,13H,4,7H2,1-3H3. The number of hydrogen-bond acceptors (Lipinski definition) is 2. The molecule has 0 amide bonds. The van der Waals surface area contributed by atoms with Crippen molar-refractivity contribution in [2.45, 2.75) is 39.8 Å². The molecule has 3 heteroatoms. The molecule has 1 heterocycles. The molecule has 0 saturated carbocycles. The van der Waals surface area contributed by atoms with Crippen LogP contribution in [0, 0.1) is 5.92 Å². The first-order valence-corrected chi connectivity index (χ1v) is 4.83. The number of rotatable bonds is 4. The maximum absolute atomic E-state index is 9.35. The zero-order chi connectivity index (χ0) is 9.84. The van der Waals surface area contributed by atoms with Gasteiger partial charge in [-0.1, -0.05) is 6.92 Å². The van der Waals surface area contributed by atoms with Crippen LogP contribution < -0.4 is 0 Å². The third-order valence-corrected chi connectivity index (χ3v) is 2.47. The van der Waals surface area contributed by atoms with Gasteiger partial charge in [-0.05, 0) is 19.8 Å². The Morgan fingerprint density at radius 2 is 2.23 bits per heavy atom. The smallest absolute Gasteiger partial charge is 0.108 e. The molecule has 2 atom stereocenters. The maximum Gasteiger partial charge on any atom is 0.108 e. The normalized spacial score (nSPS) is 15.7. The Morgan fingerprint density at radius 3 is 2.77 bits per heavy atom. The third kappa shape index (κ3) is 2.56. The summed E-state index contributed by atoms with van der Waals surface area (Å²) in [5.74, 6) is 1.34. The van der Waals surface area contributed by atoms with E-state index in [2.05, 4.69) is 16.5 Å². The van der Waals surface area contributed by atoms with Crippen molar-refractivity contribution in [1.29, 1.82) is 0 Å². The lowest BCUT2D eigenvalue weighted by Crippen LogP contribution is -2.17. The number of aliphatic hydroxyl groups excluding tert-OH is 1. The molecule has 1 aromatic rings. The van der Waals surface area contributed by atoms with Crippen molar-refractivity contribution in [3.8, 4) is 0 Å². The molecule has 0 fully saturated rings. The van der Waals surface area contributed by atoms with Crippen LogP contribution in [0.2, 0.25) is 0 Å². The minimum Gasteiger partial charge on any atom is -0.393 e. The van der Waals surface area contributed by atoms with Gasteiger partial charge in [-0.15, -0.1) is 0 Å². The maximum atomic E-state index is 9.35.